The number of nitrogens with two attached hydrogens (primary N) is 1. The van der Waals surface area contributed by atoms with Crippen molar-refractivity contribution in [2.24, 2.45) is 5.73 Å². The third-order valence-electron chi connectivity index (χ3n) is 1.51. The Morgan fingerprint density at radius 2 is 2.06 bits per heavy atom. The Hall–Kier alpha value is -0.910. The van der Waals surface area contributed by atoms with Crippen LogP contribution in [-0.2, 0) is 4.79 Å². The minimum Gasteiger partial charge on any atom is -0.351 e. The van der Waals surface area contributed by atoms with E-state index in [-0.39, 0.29) is 5.75 Å². The molecule has 0 aromatic heterocycles. The monoisotopic (exact) mass is 278 g/mol. The molecule has 0 aliphatic carbocycles. The molecule has 0 saturated carbocycles. The van der Waals surface area contributed by atoms with Crippen molar-refractivity contribution in [2.75, 3.05) is 5.75 Å². The Morgan fingerprint density at radius 3 is 2.69 bits per heavy atom. The van der Waals surface area contributed by atoms with Crippen LogP contribution >= 0.6 is 35.0 Å². The quantitative estimate of drug-likeness (QED) is 0.834. The number of benzene rings is 1. The van der Waals surface area contributed by atoms with Crippen LogP contribution in [0.2, 0.25) is 10.0 Å². The maximum atomic E-state index is 11.1. The lowest BCUT2D eigenvalue weighted by Gasteiger charge is -2.04. The van der Waals surface area contributed by atoms with Crippen LogP contribution in [0.25, 0.3) is 0 Å². The molecule has 4 nitrogen and oxygen atoms in total. The normalized spacial score (nSPS) is 9.88. The van der Waals surface area contributed by atoms with E-state index in [4.69, 9.17) is 28.9 Å². The summed E-state index contributed by atoms with van der Waals surface area (Å²) in [4.78, 5) is 22.2. The molecule has 1 aromatic rings. The minimum atomic E-state index is -0.872. The topological polar surface area (TPSA) is 72.2 Å². The number of urea groups is 1. The van der Waals surface area contributed by atoms with Crippen LogP contribution in [0.3, 0.4) is 0 Å². The third-order valence-corrected chi connectivity index (χ3v) is 3.25. The fourth-order valence-electron chi connectivity index (χ4n) is 0.905. The Kier molecular flexibility index (Phi) is 4.92. The number of halogens is 2. The number of hydrogen-bond donors (Lipinski definition) is 2. The molecule has 0 aliphatic rings. The number of amides is 3. The number of imide groups is 1. The summed E-state index contributed by atoms with van der Waals surface area (Å²) in [5.41, 5.74) is 4.79. The molecule has 0 saturated heterocycles. The van der Waals surface area contributed by atoms with Crippen molar-refractivity contribution >= 4 is 46.9 Å². The molecule has 0 fully saturated rings. The van der Waals surface area contributed by atoms with Crippen molar-refractivity contribution in [1.29, 1.82) is 0 Å². The predicted octanol–water partition coefficient (Wildman–Crippen LogP) is 2.28. The van der Waals surface area contributed by atoms with Crippen LogP contribution in [0.1, 0.15) is 0 Å². The van der Waals surface area contributed by atoms with Crippen LogP contribution in [0.15, 0.2) is 23.1 Å². The van der Waals surface area contributed by atoms with E-state index in [0.29, 0.717) is 14.9 Å². The maximum absolute atomic E-state index is 11.1. The van der Waals surface area contributed by atoms with Gasteiger partial charge in [-0.05, 0) is 18.2 Å². The molecule has 0 spiro atoms. The molecule has 0 aliphatic heterocycles. The summed E-state index contributed by atoms with van der Waals surface area (Å²) in [5.74, 6) is -0.434. The fourth-order valence-corrected chi connectivity index (χ4v) is 2.20. The van der Waals surface area contributed by atoms with E-state index in [2.05, 4.69) is 0 Å². The van der Waals surface area contributed by atoms with Crippen molar-refractivity contribution < 1.29 is 9.59 Å². The first kappa shape index (κ1) is 13.2. The number of primary amides is 1. The molecule has 0 atom stereocenters. The molecule has 0 bridgehead atoms. The number of rotatable bonds is 3. The third kappa shape index (κ3) is 4.30. The Labute approximate surface area is 106 Å². The first-order valence-corrected chi connectivity index (χ1v) is 5.90. The highest BCUT2D eigenvalue weighted by atomic mass is 35.5. The van der Waals surface area contributed by atoms with E-state index in [1.165, 1.54) is 11.8 Å². The molecule has 3 N–H and O–H groups in total. The number of nitrogens with one attached hydrogen (secondary N) is 1. The summed E-state index contributed by atoms with van der Waals surface area (Å²) in [6.45, 7) is 0. The minimum absolute atomic E-state index is 0.0446. The van der Waals surface area contributed by atoms with E-state index in [0.717, 1.165) is 0 Å². The van der Waals surface area contributed by atoms with Gasteiger partial charge in [0.2, 0.25) is 5.91 Å². The second kappa shape index (κ2) is 5.98. The molecule has 1 aromatic carbocycles. The molecule has 86 valence electrons. The average Bonchev–Trinajstić information content (AvgIpc) is 2.18. The van der Waals surface area contributed by atoms with Gasteiger partial charge < -0.3 is 5.73 Å². The van der Waals surface area contributed by atoms with Gasteiger partial charge in [-0.3, -0.25) is 10.1 Å². The highest BCUT2D eigenvalue weighted by Gasteiger charge is 2.07. The van der Waals surface area contributed by atoms with Crippen molar-refractivity contribution in [3.05, 3.63) is 28.2 Å². The van der Waals surface area contributed by atoms with Crippen LogP contribution in [-0.4, -0.2) is 17.7 Å². The van der Waals surface area contributed by atoms with Gasteiger partial charge in [-0.25, -0.2) is 4.79 Å². The average molecular weight is 279 g/mol. The SMILES string of the molecule is NC(=O)NC(=O)CSc1cc(Cl)ccc1Cl. The predicted molar refractivity (Wildman–Crippen MR) is 64.9 cm³/mol. The Morgan fingerprint density at radius 1 is 1.38 bits per heavy atom. The second-order valence-corrected chi connectivity index (χ2v) is 4.64. The van der Waals surface area contributed by atoms with E-state index in [1.807, 2.05) is 5.32 Å². The molecular weight excluding hydrogens is 271 g/mol. The summed E-state index contributed by atoms with van der Waals surface area (Å²) in [6, 6.07) is 4.06. The Balaban J connectivity index is 2.57. The number of carbonyl (C=O) groups is 2. The van der Waals surface area contributed by atoms with Crippen LogP contribution < -0.4 is 11.1 Å². The zero-order chi connectivity index (χ0) is 12.1. The number of carbonyl (C=O) groups excluding carboxylic acids is 2. The van der Waals surface area contributed by atoms with Gasteiger partial charge in [0.15, 0.2) is 0 Å². The fraction of sp³-hybridized carbons (Fsp3) is 0.111. The summed E-state index contributed by atoms with van der Waals surface area (Å²) >= 11 is 12.8. The summed E-state index contributed by atoms with van der Waals surface area (Å²) in [5, 5.41) is 2.98. The second-order valence-electron chi connectivity index (χ2n) is 2.78. The van der Waals surface area contributed by atoms with Crippen LogP contribution in [0.4, 0.5) is 4.79 Å². The van der Waals surface area contributed by atoms with E-state index >= 15 is 0 Å². The lowest BCUT2D eigenvalue weighted by Crippen LogP contribution is -2.36. The highest BCUT2D eigenvalue weighted by molar-refractivity contribution is 8.00. The van der Waals surface area contributed by atoms with Gasteiger partial charge in [0, 0.05) is 9.92 Å². The molecule has 0 heterocycles. The largest absolute Gasteiger partial charge is 0.351 e. The molecule has 3 amide bonds. The van der Waals surface area contributed by atoms with Gasteiger partial charge in [-0.2, -0.15) is 0 Å². The number of thioether (sulfide) groups is 1. The zero-order valence-corrected chi connectivity index (χ0v) is 10.3. The smallest absolute Gasteiger partial charge is 0.318 e. The maximum Gasteiger partial charge on any atom is 0.318 e. The zero-order valence-electron chi connectivity index (χ0n) is 8.00. The van der Waals surface area contributed by atoms with E-state index in [9.17, 15) is 9.59 Å². The van der Waals surface area contributed by atoms with Gasteiger partial charge in [-0.15, -0.1) is 11.8 Å². The first-order valence-electron chi connectivity index (χ1n) is 4.16. The lowest BCUT2D eigenvalue weighted by atomic mass is 10.4. The van der Waals surface area contributed by atoms with Crippen molar-refractivity contribution in [3.63, 3.8) is 0 Å². The van der Waals surface area contributed by atoms with Gasteiger partial charge in [0.05, 0.1) is 10.8 Å². The van der Waals surface area contributed by atoms with Gasteiger partial charge in [-0.1, -0.05) is 23.2 Å². The molecule has 7 heteroatoms. The van der Waals surface area contributed by atoms with Gasteiger partial charge in [0.1, 0.15) is 0 Å². The van der Waals surface area contributed by atoms with Crippen molar-refractivity contribution in [1.82, 2.24) is 5.32 Å². The van der Waals surface area contributed by atoms with Gasteiger partial charge in [0.25, 0.3) is 0 Å². The van der Waals surface area contributed by atoms with Crippen molar-refractivity contribution in [2.45, 2.75) is 4.90 Å². The first-order chi connectivity index (χ1) is 7.49. The van der Waals surface area contributed by atoms with E-state index < -0.39 is 11.9 Å². The molecule has 0 unspecified atom stereocenters. The highest BCUT2D eigenvalue weighted by Crippen LogP contribution is 2.29. The lowest BCUT2D eigenvalue weighted by molar-refractivity contribution is -0.117. The van der Waals surface area contributed by atoms with Crippen LogP contribution in [0, 0.1) is 0 Å². The van der Waals surface area contributed by atoms with E-state index in [1.54, 1.807) is 18.2 Å². The molecule has 16 heavy (non-hydrogen) atoms. The molecular formula is C9H8Cl2N2O2S. The summed E-state index contributed by atoms with van der Waals surface area (Å²) < 4.78 is 0. The summed E-state index contributed by atoms with van der Waals surface area (Å²) in [7, 11) is 0. The number of hydrogen-bond acceptors (Lipinski definition) is 3. The Bertz CT molecular complexity index is 426. The standard InChI is InChI=1S/C9H8Cl2N2O2S/c10-5-1-2-6(11)7(3-5)16-4-8(14)13-9(12)15/h1-3H,4H2,(H3,12,13,14,15). The summed E-state index contributed by atoms with van der Waals surface area (Å²) in [6.07, 6.45) is 0. The van der Waals surface area contributed by atoms with Crippen LogP contribution in [0.5, 0.6) is 0 Å². The molecule has 1 rings (SSSR count). The van der Waals surface area contributed by atoms with Gasteiger partial charge >= 0.3 is 6.03 Å². The van der Waals surface area contributed by atoms with Crippen molar-refractivity contribution in [3.8, 4) is 0 Å². The molecule has 0 radical (unpaired) electrons.